The smallest absolute Gasteiger partial charge is 0.337 e. The highest BCUT2D eigenvalue weighted by Gasteiger charge is 2.13. The Kier molecular flexibility index (Phi) is 6.00. The minimum atomic E-state index is -1.60. The van der Waals surface area contributed by atoms with Crippen LogP contribution < -0.4 is 10.3 Å². The van der Waals surface area contributed by atoms with Gasteiger partial charge in [-0.2, -0.15) is 5.10 Å². The fourth-order valence-electron chi connectivity index (χ4n) is 1.99. The monoisotopic (exact) mass is 336 g/mol. The second-order valence-electron chi connectivity index (χ2n) is 5.16. The van der Waals surface area contributed by atoms with Crippen LogP contribution in [0.2, 0.25) is 0 Å². The molecule has 2 N–H and O–H groups in total. The molecule has 1 aliphatic rings. The fourth-order valence-corrected chi connectivity index (χ4v) is 1.99. The van der Waals surface area contributed by atoms with Crippen molar-refractivity contribution in [3.8, 4) is 0 Å². The van der Waals surface area contributed by atoms with E-state index in [0.29, 0.717) is 18.7 Å². The normalized spacial score (nSPS) is 15.0. The Morgan fingerprint density at radius 1 is 1.50 bits per heavy atom. The minimum absolute atomic E-state index is 0.409. The molecule has 0 saturated carbocycles. The summed E-state index contributed by atoms with van der Waals surface area (Å²) in [4.78, 5) is 15.0. The second-order valence-corrected chi connectivity index (χ2v) is 5.16. The molecule has 8 heteroatoms. The third-order valence-corrected chi connectivity index (χ3v) is 3.39. The lowest BCUT2D eigenvalue weighted by Gasteiger charge is -2.22. The quantitative estimate of drug-likeness (QED) is 0.562. The van der Waals surface area contributed by atoms with Crippen molar-refractivity contribution in [3.05, 3.63) is 47.2 Å². The van der Waals surface area contributed by atoms with Gasteiger partial charge in [0.1, 0.15) is 18.1 Å². The van der Waals surface area contributed by atoms with Crippen molar-refractivity contribution in [2.75, 3.05) is 24.8 Å². The molecule has 1 aliphatic heterocycles. The first-order valence-electron chi connectivity index (χ1n) is 7.36. The summed E-state index contributed by atoms with van der Waals surface area (Å²) >= 11 is 0. The van der Waals surface area contributed by atoms with Crippen molar-refractivity contribution in [2.45, 2.75) is 13.3 Å². The standard InChI is InChI=1S/C16H18F2N4O2/c1-11(8-15(18)14(9-17)16(23)24)19-5-4-12-2-3-13(10-20-12)22-7-6-21-22/h2-3,6,8,10,19H,4-5,7,9H2,1H3,(H,23,24)/b11-8+,15-14-. The zero-order valence-corrected chi connectivity index (χ0v) is 13.2. The van der Waals surface area contributed by atoms with E-state index in [2.05, 4.69) is 15.4 Å². The van der Waals surface area contributed by atoms with Gasteiger partial charge in [0.15, 0.2) is 0 Å². The Hall–Kier alpha value is -2.77. The second kappa shape index (κ2) is 8.19. The van der Waals surface area contributed by atoms with E-state index >= 15 is 0 Å². The molecular formula is C16H18F2N4O2. The Labute approximate surface area is 138 Å². The van der Waals surface area contributed by atoms with Crippen LogP contribution >= 0.6 is 0 Å². The maximum atomic E-state index is 13.6. The van der Waals surface area contributed by atoms with E-state index in [-0.39, 0.29) is 0 Å². The Morgan fingerprint density at radius 3 is 2.75 bits per heavy atom. The molecule has 0 atom stereocenters. The molecule has 1 aromatic rings. The molecule has 1 aromatic heterocycles. The van der Waals surface area contributed by atoms with Crippen LogP contribution in [0.15, 0.2) is 46.6 Å². The number of allylic oxidation sites excluding steroid dienone is 3. The molecule has 128 valence electrons. The minimum Gasteiger partial charge on any atom is -0.478 e. The Balaban J connectivity index is 1.85. The SMILES string of the molecule is C/C(=C\C(F)=C(/CF)C(=O)O)NCCc1ccc(N2CC=N2)cn1. The molecule has 0 aliphatic carbocycles. The zero-order chi connectivity index (χ0) is 17.5. The van der Waals surface area contributed by atoms with E-state index in [1.54, 1.807) is 19.3 Å². The van der Waals surface area contributed by atoms with Crippen molar-refractivity contribution in [3.63, 3.8) is 0 Å². The summed E-state index contributed by atoms with van der Waals surface area (Å²) in [5.74, 6) is -2.69. The van der Waals surface area contributed by atoms with Crippen LogP contribution in [0.1, 0.15) is 12.6 Å². The molecular weight excluding hydrogens is 318 g/mol. The van der Waals surface area contributed by atoms with Gasteiger partial charge in [-0.15, -0.1) is 0 Å². The highest BCUT2D eigenvalue weighted by atomic mass is 19.1. The summed E-state index contributed by atoms with van der Waals surface area (Å²) in [5, 5.41) is 17.5. The maximum absolute atomic E-state index is 13.6. The number of alkyl halides is 1. The first kappa shape index (κ1) is 17.6. The van der Waals surface area contributed by atoms with Gasteiger partial charge in [0, 0.05) is 30.6 Å². The van der Waals surface area contributed by atoms with Crippen molar-refractivity contribution >= 4 is 17.9 Å². The predicted octanol–water partition coefficient (Wildman–Crippen LogP) is 2.20. The summed E-state index contributed by atoms with van der Waals surface area (Å²) in [7, 11) is 0. The lowest BCUT2D eigenvalue weighted by Crippen LogP contribution is -2.27. The van der Waals surface area contributed by atoms with E-state index in [4.69, 9.17) is 5.11 Å². The van der Waals surface area contributed by atoms with E-state index in [0.717, 1.165) is 24.0 Å². The lowest BCUT2D eigenvalue weighted by molar-refractivity contribution is -0.133. The van der Waals surface area contributed by atoms with Crippen molar-refractivity contribution in [1.29, 1.82) is 0 Å². The van der Waals surface area contributed by atoms with E-state index in [1.165, 1.54) is 0 Å². The summed E-state index contributed by atoms with van der Waals surface area (Å²) in [6, 6.07) is 3.81. The average Bonchev–Trinajstić information content (AvgIpc) is 2.47. The van der Waals surface area contributed by atoms with E-state index in [1.807, 2.05) is 17.1 Å². The molecule has 0 amide bonds. The number of hydrazone groups is 1. The molecule has 0 aromatic carbocycles. The van der Waals surface area contributed by atoms with Gasteiger partial charge < -0.3 is 10.4 Å². The lowest BCUT2D eigenvalue weighted by atomic mass is 10.2. The van der Waals surface area contributed by atoms with Crippen LogP contribution in [-0.4, -0.2) is 42.0 Å². The van der Waals surface area contributed by atoms with Gasteiger partial charge in [-0.1, -0.05) is 0 Å². The summed E-state index contributed by atoms with van der Waals surface area (Å²) in [6.45, 7) is 1.49. The first-order valence-corrected chi connectivity index (χ1v) is 7.36. The molecule has 6 nitrogen and oxygen atoms in total. The van der Waals surface area contributed by atoms with Crippen LogP contribution in [0.5, 0.6) is 0 Å². The van der Waals surface area contributed by atoms with Crippen molar-refractivity contribution in [2.24, 2.45) is 5.10 Å². The highest BCUT2D eigenvalue weighted by Crippen LogP contribution is 2.16. The molecule has 0 saturated heterocycles. The number of hydrogen-bond donors (Lipinski definition) is 2. The molecule has 2 heterocycles. The summed E-state index contributed by atoms with van der Waals surface area (Å²) in [5.41, 5.74) is 1.30. The molecule has 2 rings (SSSR count). The van der Waals surface area contributed by atoms with Gasteiger partial charge in [0.2, 0.25) is 0 Å². The van der Waals surface area contributed by atoms with Crippen LogP contribution in [0, 0.1) is 0 Å². The maximum Gasteiger partial charge on any atom is 0.337 e. The van der Waals surface area contributed by atoms with Crippen LogP contribution in [-0.2, 0) is 11.2 Å². The van der Waals surface area contributed by atoms with Crippen LogP contribution in [0.3, 0.4) is 0 Å². The van der Waals surface area contributed by atoms with Crippen LogP contribution in [0.4, 0.5) is 14.5 Å². The molecule has 0 spiro atoms. The first-order chi connectivity index (χ1) is 11.5. The third kappa shape index (κ3) is 4.61. The number of carboxylic acids is 1. The molecule has 24 heavy (non-hydrogen) atoms. The number of pyridine rings is 1. The van der Waals surface area contributed by atoms with Gasteiger partial charge in [0.05, 0.1) is 18.4 Å². The van der Waals surface area contributed by atoms with Gasteiger partial charge in [-0.3, -0.25) is 9.99 Å². The van der Waals surface area contributed by atoms with Gasteiger partial charge >= 0.3 is 5.97 Å². The third-order valence-electron chi connectivity index (χ3n) is 3.39. The number of anilines is 1. The molecule has 0 unspecified atom stereocenters. The molecule has 0 fully saturated rings. The number of aliphatic carboxylic acids is 1. The van der Waals surface area contributed by atoms with E-state index < -0.39 is 24.0 Å². The Bertz CT molecular complexity index is 684. The summed E-state index contributed by atoms with van der Waals surface area (Å²) in [6.07, 6.45) is 5.12. The van der Waals surface area contributed by atoms with E-state index in [9.17, 15) is 13.6 Å². The van der Waals surface area contributed by atoms with Crippen molar-refractivity contribution in [1.82, 2.24) is 10.3 Å². The number of halogens is 2. The summed E-state index contributed by atoms with van der Waals surface area (Å²) < 4.78 is 26.0. The molecule has 0 bridgehead atoms. The van der Waals surface area contributed by atoms with Gasteiger partial charge in [-0.25, -0.2) is 13.6 Å². The Morgan fingerprint density at radius 2 is 2.25 bits per heavy atom. The highest BCUT2D eigenvalue weighted by molar-refractivity contribution is 5.88. The number of aromatic nitrogens is 1. The largest absolute Gasteiger partial charge is 0.478 e. The predicted molar refractivity (Wildman–Crippen MR) is 87.3 cm³/mol. The molecule has 0 radical (unpaired) electrons. The van der Waals surface area contributed by atoms with Gasteiger partial charge in [-0.05, 0) is 25.1 Å². The van der Waals surface area contributed by atoms with Gasteiger partial charge in [0.25, 0.3) is 0 Å². The number of nitrogens with one attached hydrogen (secondary N) is 1. The number of carboxylic acid groups (broad SMARTS) is 1. The zero-order valence-electron chi connectivity index (χ0n) is 13.2. The average molecular weight is 336 g/mol. The number of nitrogens with zero attached hydrogens (tertiary/aromatic N) is 3. The number of hydrogen-bond acceptors (Lipinski definition) is 5. The number of rotatable bonds is 8. The number of carbonyl (C=O) groups is 1. The fraction of sp³-hybridized carbons (Fsp3) is 0.312. The van der Waals surface area contributed by atoms with Crippen LogP contribution in [0.25, 0.3) is 0 Å². The van der Waals surface area contributed by atoms with Crippen molar-refractivity contribution < 1.29 is 18.7 Å². The topological polar surface area (TPSA) is 77.8 Å².